The first-order valence-electron chi connectivity index (χ1n) is 9.21. The third-order valence-electron chi connectivity index (χ3n) is 4.79. The van der Waals surface area contributed by atoms with Crippen LogP contribution in [-0.4, -0.2) is 42.3 Å². The van der Waals surface area contributed by atoms with Crippen LogP contribution in [0.25, 0.3) is 0 Å². The van der Waals surface area contributed by atoms with Gasteiger partial charge in [-0.05, 0) is 37.8 Å². The van der Waals surface area contributed by atoms with Gasteiger partial charge in [-0.2, -0.15) is 4.31 Å². The fraction of sp³-hybridized carbons (Fsp3) is 0.500. The molecule has 1 aromatic heterocycles. The van der Waals surface area contributed by atoms with E-state index in [-0.39, 0.29) is 16.5 Å². The van der Waals surface area contributed by atoms with E-state index in [0.717, 1.165) is 29.6 Å². The van der Waals surface area contributed by atoms with Crippen molar-refractivity contribution in [3.63, 3.8) is 0 Å². The molecule has 10 heteroatoms. The molecular weight excluding hydrogens is 400 g/mol. The number of thiazole rings is 1. The number of aryl methyl sites for hydroxylation is 1. The van der Waals surface area contributed by atoms with Crippen LogP contribution in [0, 0.1) is 23.0 Å². The topological polar surface area (TPSA) is 105 Å². The summed E-state index contributed by atoms with van der Waals surface area (Å²) < 4.78 is 27.2. The molecule has 1 saturated heterocycles. The number of sulfonamides is 1. The first kappa shape index (κ1) is 20.7. The fourth-order valence-corrected chi connectivity index (χ4v) is 5.60. The highest BCUT2D eigenvalue weighted by molar-refractivity contribution is 7.89. The van der Waals surface area contributed by atoms with Crippen LogP contribution < -0.4 is 5.32 Å². The third kappa shape index (κ3) is 4.68. The fourth-order valence-electron chi connectivity index (χ4n) is 3.33. The van der Waals surface area contributed by atoms with Crippen molar-refractivity contribution < 1.29 is 13.3 Å². The first-order chi connectivity index (χ1) is 13.3. The van der Waals surface area contributed by atoms with Gasteiger partial charge in [-0.25, -0.2) is 13.4 Å². The van der Waals surface area contributed by atoms with Gasteiger partial charge in [-0.15, -0.1) is 11.3 Å². The Balaban J connectivity index is 1.77. The van der Waals surface area contributed by atoms with E-state index < -0.39 is 14.9 Å². The van der Waals surface area contributed by atoms with Gasteiger partial charge < -0.3 is 5.32 Å². The molecule has 0 radical (unpaired) electrons. The summed E-state index contributed by atoms with van der Waals surface area (Å²) in [6.07, 6.45) is 2.43. The molecule has 1 fully saturated rings. The molecule has 28 heavy (non-hydrogen) atoms. The van der Waals surface area contributed by atoms with E-state index in [9.17, 15) is 18.5 Å². The molecule has 0 amide bonds. The maximum atomic E-state index is 12.9. The van der Waals surface area contributed by atoms with Gasteiger partial charge in [0.15, 0.2) is 0 Å². The summed E-state index contributed by atoms with van der Waals surface area (Å²) in [5.74, 6) is 0.286. The van der Waals surface area contributed by atoms with Gasteiger partial charge in [0.05, 0.1) is 20.5 Å². The molecular formula is C18H24N4O4S2. The zero-order chi connectivity index (χ0) is 20.3. The SMILES string of the molecule is Cc1nc(CCNc2ccc(S(=O)(=O)N3CCCC(C)C3)cc2[N+](=O)[O-])cs1. The number of aromatic nitrogens is 1. The molecule has 3 rings (SSSR count). The zero-order valence-corrected chi connectivity index (χ0v) is 17.6. The number of nitrogens with zero attached hydrogens (tertiary/aromatic N) is 3. The molecule has 0 saturated carbocycles. The van der Waals surface area contributed by atoms with E-state index in [1.165, 1.54) is 16.4 Å². The van der Waals surface area contributed by atoms with E-state index in [4.69, 9.17) is 0 Å². The summed E-state index contributed by atoms with van der Waals surface area (Å²) in [5, 5.41) is 17.5. The Hall–Kier alpha value is -2.04. The second kappa shape index (κ2) is 8.54. The van der Waals surface area contributed by atoms with E-state index in [1.54, 1.807) is 11.3 Å². The third-order valence-corrected chi connectivity index (χ3v) is 7.47. The average Bonchev–Trinajstić information content (AvgIpc) is 3.07. The smallest absolute Gasteiger partial charge is 0.293 e. The number of nitrogens with one attached hydrogen (secondary N) is 1. The average molecular weight is 425 g/mol. The van der Waals surface area contributed by atoms with Gasteiger partial charge in [0.1, 0.15) is 5.69 Å². The van der Waals surface area contributed by atoms with Crippen LogP contribution in [0.5, 0.6) is 0 Å². The Morgan fingerprint density at radius 1 is 1.43 bits per heavy atom. The number of anilines is 1. The second-order valence-electron chi connectivity index (χ2n) is 7.08. The van der Waals surface area contributed by atoms with Crippen LogP contribution in [0.2, 0.25) is 0 Å². The van der Waals surface area contributed by atoms with Crippen LogP contribution in [0.15, 0.2) is 28.5 Å². The lowest BCUT2D eigenvalue weighted by Gasteiger charge is -2.30. The number of hydrogen-bond donors (Lipinski definition) is 1. The van der Waals surface area contributed by atoms with E-state index in [2.05, 4.69) is 10.3 Å². The standard InChI is InChI=1S/C18H24N4O4S2/c1-13-4-3-9-21(11-13)28(25,26)16-5-6-17(18(10-16)22(23)24)19-8-7-15-12-27-14(2)20-15/h5-6,10,12-13,19H,3-4,7-9,11H2,1-2H3. The predicted molar refractivity (Wildman–Crippen MR) is 109 cm³/mol. The normalized spacial score (nSPS) is 18.1. The van der Waals surface area contributed by atoms with Gasteiger partial charge in [-0.3, -0.25) is 10.1 Å². The summed E-state index contributed by atoms with van der Waals surface area (Å²) in [6.45, 7) is 5.31. The molecule has 1 N–H and O–H groups in total. The van der Waals surface area contributed by atoms with Crippen molar-refractivity contribution in [2.45, 2.75) is 38.0 Å². The highest BCUT2D eigenvalue weighted by atomic mass is 32.2. The van der Waals surface area contributed by atoms with E-state index in [0.29, 0.717) is 31.7 Å². The van der Waals surface area contributed by atoms with Gasteiger partial charge >= 0.3 is 0 Å². The lowest BCUT2D eigenvalue weighted by Crippen LogP contribution is -2.39. The molecule has 0 aliphatic carbocycles. The van der Waals surface area contributed by atoms with Crippen LogP contribution in [0.1, 0.15) is 30.5 Å². The molecule has 1 aliphatic rings. The molecule has 2 aromatic rings. The Kier molecular flexibility index (Phi) is 6.31. The maximum Gasteiger partial charge on any atom is 0.293 e. The minimum Gasteiger partial charge on any atom is -0.379 e. The van der Waals surface area contributed by atoms with Gasteiger partial charge in [0.2, 0.25) is 10.0 Å². The number of benzene rings is 1. The van der Waals surface area contributed by atoms with Crippen LogP contribution in [0.3, 0.4) is 0 Å². The summed E-state index contributed by atoms with van der Waals surface area (Å²) in [4.78, 5) is 15.3. The summed E-state index contributed by atoms with van der Waals surface area (Å²) in [6, 6.07) is 4.07. The molecule has 1 atom stereocenters. The van der Waals surface area contributed by atoms with Crippen molar-refractivity contribution in [2.75, 3.05) is 25.0 Å². The lowest BCUT2D eigenvalue weighted by atomic mass is 10.0. The molecule has 1 unspecified atom stereocenters. The van der Waals surface area contributed by atoms with Crippen molar-refractivity contribution in [3.8, 4) is 0 Å². The molecule has 0 spiro atoms. The maximum absolute atomic E-state index is 12.9. The molecule has 0 bridgehead atoms. The Labute approximate surface area is 168 Å². The van der Waals surface area contributed by atoms with Gasteiger partial charge in [0, 0.05) is 37.5 Å². The summed E-state index contributed by atoms with van der Waals surface area (Å²) in [7, 11) is -3.74. The Morgan fingerprint density at radius 2 is 2.21 bits per heavy atom. The lowest BCUT2D eigenvalue weighted by molar-refractivity contribution is -0.384. The Bertz CT molecular complexity index is 958. The van der Waals surface area contributed by atoms with Crippen molar-refractivity contribution >= 4 is 32.7 Å². The molecule has 1 aliphatic heterocycles. The van der Waals surface area contributed by atoms with Crippen molar-refractivity contribution in [3.05, 3.63) is 44.4 Å². The van der Waals surface area contributed by atoms with Crippen molar-refractivity contribution in [1.29, 1.82) is 0 Å². The summed E-state index contributed by atoms with van der Waals surface area (Å²) in [5.41, 5.74) is 1.000. The highest BCUT2D eigenvalue weighted by Gasteiger charge is 2.30. The summed E-state index contributed by atoms with van der Waals surface area (Å²) >= 11 is 1.56. The minimum atomic E-state index is -3.74. The second-order valence-corrected chi connectivity index (χ2v) is 10.1. The highest BCUT2D eigenvalue weighted by Crippen LogP contribution is 2.30. The van der Waals surface area contributed by atoms with Crippen molar-refractivity contribution in [1.82, 2.24) is 9.29 Å². The van der Waals surface area contributed by atoms with Crippen LogP contribution in [-0.2, 0) is 16.4 Å². The van der Waals surface area contributed by atoms with E-state index in [1.807, 2.05) is 19.2 Å². The number of nitro benzene ring substituents is 1. The number of piperidine rings is 1. The van der Waals surface area contributed by atoms with Crippen molar-refractivity contribution in [2.24, 2.45) is 5.92 Å². The number of nitro groups is 1. The molecule has 152 valence electrons. The number of hydrogen-bond acceptors (Lipinski definition) is 7. The quantitative estimate of drug-likeness (QED) is 0.539. The first-order valence-corrected chi connectivity index (χ1v) is 11.5. The number of rotatable bonds is 7. The monoisotopic (exact) mass is 424 g/mol. The Morgan fingerprint density at radius 3 is 2.86 bits per heavy atom. The van der Waals surface area contributed by atoms with Gasteiger partial charge in [-0.1, -0.05) is 6.92 Å². The largest absolute Gasteiger partial charge is 0.379 e. The zero-order valence-electron chi connectivity index (χ0n) is 15.9. The molecule has 8 nitrogen and oxygen atoms in total. The van der Waals surface area contributed by atoms with Crippen LogP contribution >= 0.6 is 11.3 Å². The molecule has 1 aromatic carbocycles. The predicted octanol–water partition coefficient (Wildman–Crippen LogP) is 3.43. The minimum absolute atomic E-state index is 0.0334. The van der Waals surface area contributed by atoms with E-state index >= 15 is 0 Å². The van der Waals surface area contributed by atoms with Gasteiger partial charge in [0.25, 0.3) is 5.69 Å². The van der Waals surface area contributed by atoms with Crippen LogP contribution in [0.4, 0.5) is 11.4 Å². The molecule has 2 heterocycles.